The van der Waals surface area contributed by atoms with Crippen molar-refractivity contribution >= 4 is 63.3 Å². The first-order valence-corrected chi connectivity index (χ1v) is 1.91. The summed E-state index contributed by atoms with van der Waals surface area (Å²) in [6.07, 6.45) is 0. The number of carboxylic acids is 2. The van der Waals surface area contributed by atoms with E-state index in [1.54, 1.807) is 0 Å². The molecule has 0 aromatic carbocycles. The normalized spacial score (nSPS) is 5.00. The molecule has 51 valence electrons. The van der Waals surface area contributed by atoms with Crippen LogP contribution in [-0.4, -0.2) is 68.8 Å². The molecule has 0 fully saturated rings. The van der Waals surface area contributed by atoms with Gasteiger partial charge in [-0.15, -0.1) is 0 Å². The SMILES string of the molecule is O.O=C([O-])C(=O)[O-].[K].[O]=[Ti+2]. The molecule has 0 aromatic heterocycles. The molecule has 0 aliphatic carbocycles. The molecule has 0 aliphatic heterocycles. The van der Waals surface area contributed by atoms with Crippen molar-refractivity contribution in [1.82, 2.24) is 0 Å². The maximum absolute atomic E-state index is 8.93. The second-order valence-electron chi connectivity index (χ2n) is 0.575. The second kappa shape index (κ2) is 16.6. The van der Waals surface area contributed by atoms with Gasteiger partial charge in [-0.05, 0) is 0 Å². The van der Waals surface area contributed by atoms with Crippen molar-refractivity contribution in [3.05, 3.63) is 0 Å². The van der Waals surface area contributed by atoms with Crippen molar-refractivity contribution in [2.24, 2.45) is 0 Å². The van der Waals surface area contributed by atoms with Crippen molar-refractivity contribution < 1.29 is 49.0 Å². The molecule has 0 aliphatic rings. The van der Waals surface area contributed by atoms with Crippen LogP contribution in [0.1, 0.15) is 0 Å². The number of carboxylic acid groups (broad SMARTS) is 2. The molecule has 0 spiro atoms. The summed E-state index contributed by atoms with van der Waals surface area (Å²) in [5.41, 5.74) is 0. The summed E-state index contributed by atoms with van der Waals surface area (Å²) < 4.78 is 8.25. The molecule has 0 amide bonds. The van der Waals surface area contributed by atoms with Crippen LogP contribution in [0.4, 0.5) is 0 Å². The predicted molar refractivity (Wildman–Crippen MR) is 20.1 cm³/mol. The van der Waals surface area contributed by atoms with E-state index in [4.69, 9.17) is 23.1 Å². The molecular formula is C2H2KO6Ti. The second-order valence-corrected chi connectivity index (χ2v) is 0.575. The summed E-state index contributed by atoms with van der Waals surface area (Å²) in [5, 5.41) is 17.9. The van der Waals surface area contributed by atoms with Gasteiger partial charge in [-0.3, -0.25) is 0 Å². The van der Waals surface area contributed by atoms with Crippen molar-refractivity contribution in [3.8, 4) is 0 Å². The van der Waals surface area contributed by atoms with Crippen molar-refractivity contribution in [1.29, 1.82) is 0 Å². The average Bonchev–Trinajstić information content (AvgIpc) is 1.72. The Morgan fingerprint density at radius 3 is 1.10 bits per heavy atom. The Labute approximate surface area is 110 Å². The van der Waals surface area contributed by atoms with Crippen LogP contribution < -0.4 is 10.2 Å². The third-order valence-corrected chi connectivity index (χ3v) is 0.167. The van der Waals surface area contributed by atoms with E-state index < -0.39 is 11.9 Å². The van der Waals surface area contributed by atoms with Gasteiger partial charge in [0.05, 0.1) is 11.9 Å². The molecular weight excluding hydrogens is 207 g/mol. The Morgan fingerprint density at radius 2 is 1.10 bits per heavy atom. The van der Waals surface area contributed by atoms with Crippen LogP contribution in [0.3, 0.4) is 0 Å². The van der Waals surface area contributed by atoms with Crippen molar-refractivity contribution in [3.63, 3.8) is 0 Å². The number of aliphatic carboxylic acids is 2. The van der Waals surface area contributed by atoms with E-state index in [0.29, 0.717) is 0 Å². The van der Waals surface area contributed by atoms with Gasteiger partial charge in [0.1, 0.15) is 0 Å². The van der Waals surface area contributed by atoms with Crippen molar-refractivity contribution in [2.75, 3.05) is 0 Å². The van der Waals surface area contributed by atoms with E-state index in [9.17, 15) is 0 Å². The monoisotopic (exact) mass is 209 g/mol. The van der Waals surface area contributed by atoms with E-state index in [0.717, 1.165) is 20.4 Å². The van der Waals surface area contributed by atoms with Crippen LogP contribution in [0.2, 0.25) is 0 Å². The van der Waals surface area contributed by atoms with E-state index in [-0.39, 0.29) is 56.9 Å². The van der Waals surface area contributed by atoms with E-state index >= 15 is 0 Å². The summed E-state index contributed by atoms with van der Waals surface area (Å²) >= 11 is 0.750. The number of hydrogen-bond acceptors (Lipinski definition) is 5. The number of hydrogen-bond donors (Lipinski definition) is 0. The quantitative estimate of drug-likeness (QED) is 0.291. The van der Waals surface area contributed by atoms with Crippen LogP contribution in [0.5, 0.6) is 0 Å². The molecule has 10 heavy (non-hydrogen) atoms. The summed E-state index contributed by atoms with van der Waals surface area (Å²) in [7, 11) is 0. The van der Waals surface area contributed by atoms with E-state index in [1.807, 2.05) is 0 Å². The summed E-state index contributed by atoms with van der Waals surface area (Å²) in [6, 6.07) is 0. The summed E-state index contributed by atoms with van der Waals surface area (Å²) in [5.74, 6) is -4.37. The number of carbonyl (C=O) groups is 2. The van der Waals surface area contributed by atoms with Crippen LogP contribution >= 0.6 is 0 Å². The summed E-state index contributed by atoms with van der Waals surface area (Å²) in [4.78, 5) is 17.9. The molecule has 1 radical (unpaired) electrons. The first kappa shape index (κ1) is 22.5. The fourth-order valence-electron chi connectivity index (χ4n) is 0. The Hall–Kier alpha value is 1.05. The summed E-state index contributed by atoms with van der Waals surface area (Å²) in [6.45, 7) is 0. The number of rotatable bonds is 0. The standard InChI is InChI=1S/C2H2O4.K.H2O.O.Ti/c3-1(4)2(5)6;;;;/h(H,3,4)(H,5,6);;1H2;;/q;;;;+2/p-2. The van der Waals surface area contributed by atoms with Gasteiger partial charge < -0.3 is 25.3 Å². The number of carbonyl (C=O) groups excluding carboxylic acids is 2. The van der Waals surface area contributed by atoms with Gasteiger partial charge >= 0.3 is 23.7 Å². The molecule has 0 rings (SSSR count). The van der Waals surface area contributed by atoms with E-state index in [1.165, 1.54) is 0 Å². The Kier molecular flexibility index (Phi) is 37.2. The minimum atomic E-state index is -2.19. The average molecular weight is 209 g/mol. The van der Waals surface area contributed by atoms with Crippen LogP contribution in [-0.2, 0) is 33.3 Å². The van der Waals surface area contributed by atoms with Crippen LogP contribution in [0.15, 0.2) is 0 Å². The van der Waals surface area contributed by atoms with Gasteiger partial charge in [-0.1, -0.05) is 0 Å². The van der Waals surface area contributed by atoms with Gasteiger partial charge in [0.25, 0.3) is 0 Å². The first-order valence-electron chi connectivity index (χ1n) is 1.27. The van der Waals surface area contributed by atoms with Crippen molar-refractivity contribution in [2.45, 2.75) is 0 Å². The predicted octanol–water partition coefficient (Wildman–Crippen LogP) is -4.84. The van der Waals surface area contributed by atoms with E-state index in [2.05, 4.69) is 0 Å². The zero-order valence-corrected chi connectivity index (χ0v) is 9.73. The third kappa shape index (κ3) is 23.0. The topological polar surface area (TPSA) is 129 Å². The molecule has 2 N–H and O–H groups in total. The molecule has 6 nitrogen and oxygen atoms in total. The Bertz CT molecular complexity index is 91.9. The minimum absolute atomic E-state index is 0. The van der Waals surface area contributed by atoms with Gasteiger partial charge in [-0.25, -0.2) is 0 Å². The fourth-order valence-corrected chi connectivity index (χ4v) is 0. The molecule has 0 unspecified atom stereocenters. The molecule has 0 atom stereocenters. The molecule has 0 aromatic rings. The van der Waals surface area contributed by atoms with Gasteiger partial charge in [0.2, 0.25) is 0 Å². The maximum atomic E-state index is 8.93. The van der Waals surface area contributed by atoms with Gasteiger partial charge in [0.15, 0.2) is 0 Å². The van der Waals surface area contributed by atoms with Crippen LogP contribution in [0.25, 0.3) is 0 Å². The Morgan fingerprint density at radius 1 is 1.00 bits per heavy atom. The van der Waals surface area contributed by atoms with Gasteiger partial charge in [0, 0.05) is 51.4 Å². The third-order valence-electron chi connectivity index (χ3n) is 0.167. The fraction of sp³-hybridized carbons (Fsp3) is 0. The molecule has 0 bridgehead atoms. The molecule has 0 saturated heterocycles. The van der Waals surface area contributed by atoms with Gasteiger partial charge in [-0.2, -0.15) is 0 Å². The zero-order chi connectivity index (χ0) is 7.15. The molecule has 0 saturated carbocycles. The molecule has 0 heterocycles. The Balaban J connectivity index is -0.0000000412. The zero-order valence-electron chi connectivity index (χ0n) is 5.04. The molecule has 8 heteroatoms. The first-order chi connectivity index (χ1) is 3.64. The van der Waals surface area contributed by atoms with Crippen LogP contribution in [0, 0.1) is 0 Å².